The van der Waals surface area contributed by atoms with Gasteiger partial charge in [-0.05, 0) is 40.2 Å². The Labute approximate surface area is 118 Å². The minimum Gasteiger partial charge on any atom is -0.506 e. The Kier molecular flexibility index (Phi) is 3.89. The maximum absolute atomic E-state index is 12.0. The van der Waals surface area contributed by atoms with E-state index in [4.69, 9.17) is 11.6 Å². The molecule has 3 nitrogen and oxygen atoms in total. The van der Waals surface area contributed by atoms with Crippen LogP contribution in [0, 0.1) is 0 Å². The van der Waals surface area contributed by atoms with Gasteiger partial charge in [0.05, 0.1) is 10.0 Å². The van der Waals surface area contributed by atoms with Crippen molar-refractivity contribution >= 4 is 39.1 Å². The molecule has 0 unspecified atom stereocenters. The van der Waals surface area contributed by atoms with Gasteiger partial charge in [-0.2, -0.15) is 0 Å². The number of nitrogens with one attached hydrogen (secondary N) is 1. The minimum absolute atomic E-state index is 0.123. The average molecular weight is 327 g/mol. The standard InChI is InChI=1S/C13H9BrClNO2/c14-11-7-8(15)6-10(12(11)17)13(18)16-9-4-2-1-3-5-9/h1-7,17H,(H,16,18). The Morgan fingerprint density at radius 1 is 1.22 bits per heavy atom. The summed E-state index contributed by atoms with van der Waals surface area (Å²) in [5, 5.41) is 12.9. The number of hydrogen-bond donors (Lipinski definition) is 2. The van der Waals surface area contributed by atoms with Crippen molar-refractivity contribution in [1.82, 2.24) is 0 Å². The zero-order chi connectivity index (χ0) is 13.1. The number of hydrogen-bond acceptors (Lipinski definition) is 2. The lowest BCUT2D eigenvalue weighted by Gasteiger charge is -2.08. The number of rotatable bonds is 2. The second kappa shape index (κ2) is 5.42. The number of carbonyl (C=O) groups excluding carboxylic acids is 1. The first-order valence-electron chi connectivity index (χ1n) is 5.12. The molecule has 92 valence electrons. The van der Waals surface area contributed by atoms with Gasteiger partial charge in [-0.1, -0.05) is 29.8 Å². The summed E-state index contributed by atoms with van der Waals surface area (Å²) in [6.07, 6.45) is 0. The third-order valence-electron chi connectivity index (χ3n) is 2.30. The van der Waals surface area contributed by atoms with Crippen molar-refractivity contribution in [3.8, 4) is 5.75 Å². The lowest BCUT2D eigenvalue weighted by atomic mass is 10.2. The molecule has 2 rings (SSSR count). The molecular weight excluding hydrogens is 318 g/mol. The van der Waals surface area contributed by atoms with Gasteiger partial charge in [0.25, 0.3) is 5.91 Å². The smallest absolute Gasteiger partial charge is 0.259 e. The maximum atomic E-state index is 12.0. The van der Waals surface area contributed by atoms with E-state index < -0.39 is 5.91 Å². The van der Waals surface area contributed by atoms with Gasteiger partial charge in [0.1, 0.15) is 5.75 Å². The highest BCUT2D eigenvalue weighted by Crippen LogP contribution is 2.31. The summed E-state index contributed by atoms with van der Waals surface area (Å²) in [6, 6.07) is 11.9. The van der Waals surface area contributed by atoms with E-state index in [9.17, 15) is 9.90 Å². The van der Waals surface area contributed by atoms with Gasteiger partial charge in [0, 0.05) is 10.7 Å². The highest BCUT2D eigenvalue weighted by Gasteiger charge is 2.15. The van der Waals surface area contributed by atoms with E-state index in [-0.39, 0.29) is 11.3 Å². The van der Waals surface area contributed by atoms with Crippen molar-refractivity contribution < 1.29 is 9.90 Å². The van der Waals surface area contributed by atoms with Gasteiger partial charge in [-0.3, -0.25) is 4.79 Å². The number of halogens is 2. The molecule has 0 saturated heterocycles. The number of phenols is 1. The molecule has 18 heavy (non-hydrogen) atoms. The SMILES string of the molecule is O=C(Nc1ccccc1)c1cc(Cl)cc(Br)c1O. The summed E-state index contributed by atoms with van der Waals surface area (Å²) in [5.74, 6) is -0.547. The second-order valence-electron chi connectivity index (χ2n) is 3.60. The van der Waals surface area contributed by atoms with E-state index >= 15 is 0 Å². The van der Waals surface area contributed by atoms with Crippen LogP contribution in [-0.4, -0.2) is 11.0 Å². The van der Waals surface area contributed by atoms with Crippen LogP contribution in [0.2, 0.25) is 5.02 Å². The number of anilines is 1. The normalized spacial score (nSPS) is 10.1. The van der Waals surface area contributed by atoms with Crippen LogP contribution in [0.4, 0.5) is 5.69 Å². The molecule has 0 aliphatic heterocycles. The first kappa shape index (κ1) is 12.9. The molecule has 1 amide bonds. The largest absolute Gasteiger partial charge is 0.506 e. The summed E-state index contributed by atoms with van der Waals surface area (Å²) in [5.41, 5.74) is 0.774. The highest BCUT2D eigenvalue weighted by molar-refractivity contribution is 9.10. The van der Waals surface area contributed by atoms with Crippen LogP contribution in [0.15, 0.2) is 46.9 Å². The lowest BCUT2D eigenvalue weighted by Crippen LogP contribution is -2.12. The van der Waals surface area contributed by atoms with Crippen LogP contribution < -0.4 is 5.32 Å². The first-order chi connectivity index (χ1) is 8.58. The average Bonchev–Trinajstić information content (AvgIpc) is 2.35. The Hall–Kier alpha value is -1.52. The molecule has 0 saturated carbocycles. The van der Waals surface area contributed by atoms with Crippen molar-refractivity contribution in [3.05, 3.63) is 57.5 Å². The van der Waals surface area contributed by atoms with Gasteiger partial charge < -0.3 is 10.4 Å². The third kappa shape index (κ3) is 2.83. The van der Waals surface area contributed by atoms with E-state index in [1.165, 1.54) is 12.1 Å². The van der Waals surface area contributed by atoms with Crippen molar-refractivity contribution in [3.63, 3.8) is 0 Å². The maximum Gasteiger partial charge on any atom is 0.259 e. The molecule has 0 fully saturated rings. The molecule has 0 heterocycles. The fraction of sp³-hybridized carbons (Fsp3) is 0. The summed E-state index contributed by atoms with van der Waals surface area (Å²) >= 11 is 8.98. The van der Waals surface area contributed by atoms with E-state index in [1.54, 1.807) is 12.1 Å². The molecule has 0 aliphatic carbocycles. The minimum atomic E-state index is -0.415. The summed E-state index contributed by atoms with van der Waals surface area (Å²) in [4.78, 5) is 12.0. The summed E-state index contributed by atoms with van der Waals surface area (Å²) < 4.78 is 0.383. The fourth-order valence-corrected chi connectivity index (χ4v) is 2.27. The van der Waals surface area contributed by atoms with E-state index in [1.807, 2.05) is 18.2 Å². The number of para-hydroxylation sites is 1. The van der Waals surface area contributed by atoms with E-state index in [2.05, 4.69) is 21.2 Å². The molecular formula is C13H9BrClNO2. The van der Waals surface area contributed by atoms with Gasteiger partial charge in [-0.25, -0.2) is 0 Å². The molecule has 0 spiro atoms. The number of phenolic OH excluding ortho intramolecular Hbond substituents is 1. The Balaban J connectivity index is 2.30. The topological polar surface area (TPSA) is 49.3 Å². The lowest BCUT2D eigenvalue weighted by molar-refractivity contribution is 0.102. The molecule has 2 aromatic rings. The molecule has 0 aromatic heterocycles. The van der Waals surface area contributed by atoms with Crippen LogP contribution in [0.3, 0.4) is 0 Å². The van der Waals surface area contributed by atoms with E-state index in [0.29, 0.717) is 15.2 Å². The van der Waals surface area contributed by atoms with E-state index in [0.717, 1.165) is 0 Å². The van der Waals surface area contributed by atoms with Crippen LogP contribution in [0.5, 0.6) is 5.75 Å². The molecule has 0 atom stereocenters. The number of aromatic hydroxyl groups is 1. The zero-order valence-electron chi connectivity index (χ0n) is 9.15. The van der Waals surface area contributed by atoms with Crippen molar-refractivity contribution in [1.29, 1.82) is 0 Å². The van der Waals surface area contributed by atoms with Crippen LogP contribution in [-0.2, 0) is 0 Å². The zero-order valence-corrected chi connectivity index (χ0v) is 11.5. The molecule has 2 aromatic carbocycles. The van der Waals surface area contributed by atoms with Crippen molar-refractivity contribution in [2.75, 3.05) is 5.32 Å². The predicted molar refractivity (Wildman–Crippen MR) is 75.2 cm³/mol. The molecule has 5 heteroatoms. The van der Waals surface area contributed by atoms with Crippen LogP contribution in [0.1, 0.15) is 10.4 Å². The Bertz CT molecular complexity index is 587. The van der Waals surface area contributed by atoms with Crippen molar-refractivity contribution in [2.24, 2.45) is 0 Å². The molecule has 2 N–H and O–H groups in total. The Morgan fingerprint density at radius 2 is 1.89 bits per heavy atom. The van der Waals surface area contributed by atoms with Gasteiger partial charge in [0.2, 0.25) is 0 Å². The fourth-order valence-electron chi connectivity index (χ4n) is 1.46. The van der Waals surface area contributed by atoms with Gasteiger partial charge in [-0.15, -0.1) is 0 Å². The predicted octanol–water partition coefficient (Wildman–Crippen LogP) is 4.06. The Morgan fingerprint density at radius 3 is 2.56 bits per heavy atom. The van der Waals surface area contributed by atoms with Gasteiger partial charge >= 0.3 is 0 Å². The van der Waals surface area contributed by atoms with Crippen molar-refractivity contribution in [2.45, 2.75) is 0 Å². The number of benzene rings is 2. The quantitative estimate of drug-likeness (QED) is 0.874. The second-order valence-corrected chi connectivity index (χ2v) is 4.89. The third-order valence-corrected chi connectivity index (χ3v) is 3.13. The summed E-state index contributed by atoms with van der Waals surface area (Å²) in [7, 11) is 0. The highest BCUT2D eigenvalue weighted by atomic mass is 79.9. The summed E-state index contributed by atoms with van der Waals surface area (Å²) in [6.45, 7) is 0. The molecule has 0 radical (unpaired) electrons. The van der Waals surface area contributed by atoms with Gasteiger partial charge in [0.15, 0.2) is 0 Å². The van der Waals surface area contributed by atoms with Crippen LogP contribution in [0.25, 0.3) is 0 Å². The number of carbonyl (C=O) groups is 1. The number of amides is 1. The monoisotopic (exact) mass is 325 g/mol. The van der Waals surface area contributed by atoms with Crippen LogP contribution >= 0.6 is 27.5 Å². The first-order valence-corrected chi connectivity index (χ1v) is 6.29. The molecule has 0 aliphatic rings. The molecule has 0 bridgehead atoms.